The van der Waals surface area contributed by atoms with Gasteiger partial charge in [-0.25, -0.2) is 4.39 Å². The first-order chi connectivity index (χ1) is 9.61. The van der Waals surface area contributed by atoms with Gasteiger partial charge in [0.15, 0.2) is 0 Å². The zero-order chi connectivity index (χ0) is 14.5. The lowest BCUT2D eigenvalue weighted by Gasteiger charge is -2.18. The molecular formula is C16H17FN2O. The Labute approximate surface area is 117 Å². The molecule has 0 heterocycles. The van der Waals surface area contributed by atoms with Crippen LogP contribution in [0.2, 0.25) is 0 Å². The highest BCUT2D eigenvalue weighted by Crippen LogP contribution is 2.12. The van der Waals surface area contributed by atoms with E-state index in [1.165, 1.54) is 11.0 Å². The van der Waals surface area contributed by atoms with E-state index in [1.807, 2.05) is 12.1 Å². The SMILES string of the molecule is CN(Cc1ccccc1F)C(=O)c1ccc(CN)cc1. The van der Waals surface area contributed by atoms with Gasteiger partial charge in [0.1, 0.15) is 5.82 Å². The van der Waals surface area contributed by atoms with Crippen LogP contribution < -0.4 is 5.73 Å². The number of nitrogens with zero attached hydrogens (tertiary/aromatic N) is 1. The minimum Gasteiger partial charge on any atom is -0.337 e. The zero-order valence-corrected chi connectivity index (χ0v) is 11.3. The monoisotopic (exact) mass is 272 g/mol. The average molecular weight is 272 g/mol. The Morgan fingerprint density at radius 2 is 1.80 bits per heavy atom. The third-order valence-electron chi connectivity index (χ3n) is 3.15. The number of amides is 1. The molecule has 2 aromatic carbocycles. The van der Waals surface area contributed by atoms with Crippen molar-refractivity contribution in [1.29, 1.82) is 0 Å². The predicted molar refractivity (Wildman–Crippen MR) is 76.5 cm³/mol. The van der Waals surface area contributed by atoms with E-state index in [-0.39, 0.29) is 18.3 Å². The summed E-state index contributed by atoms with van der Waals surface area (Å²) in [5, 5.41) is 0. The number of nitrogens with two attached hydrogens (primary N) is 1. The Morgan fingerprint density at radius 3 is 2.40 bits per heavy atom. The summed E-state index contributed by atoms with van der Waals surface area (Å²) >= 11 is 0. The molecule has 0 saturated carbocycles. The van der Waals surface area contributed by atoms with Crippen LogP contribution in [-0.4, -0.2) is 17.9 Å². The molecule has 20 heavy (non-hydrogen) atoms. The van der Waals surface area contributed by atoms with Crippen molar-refractivity contribution in [3.8, 4) is 0 Å². The Kier molecular flexibility index (Phi) is 4.48. The molecule has 0 aliphatic rings. The van der Waals surface area contributed by atoms with E-state index in [0.717, 1.165) is 5.56 Å². The van der Waals surface area contributed by atoms with E-state index in [4.69, 9.17) is 5.73 Å². The summed E-state index contributed by atoms with van der Waals surface area (Å²) in [6, 6.07) is 13.6. The maximum Gasteiger partial charge on any atom is 0.253 e. The number of rotatable bonds is 4. The fraction of sp³-hybridized carbons (Fsp3) is 0.188. The number of carbonyl (C=O) groups is 1. The first-order valence-corrected chi connectivity index (χ1v) is 6.39. The summed E-state index contributed by atoms with van der Waals surface area (Å²) in [4.78, 5) is 13.7. The van der Waals surface area contributed by atoms with Gasteiger partial charge >= 0.3 is 0 Å². The molecule has 104 valence electrons. The van der Waals surface area contributed by atoms with Crippen LogP contribution in [0.4, 0.5) is 4.39 Å². The maximum absolute atomic E-state index is 13.6. The highest BCUT2D eigenvalue weighted by Gasteiger charge is 2.13. The number of benzene rings is 2. The zero-order valence-electron chi connectivity index (χ0n) is 11.3. The quantitative estimate of drug-likeness (QED) is 0.929. The summed E-state index contributed by atoms with van der Waals surface area (Å²) in [7, 11) is 1.66. The molecule has 0 bridgehead atoms. The standard InChI is InChI=1S/C16H17FN2O/c1-19(11-14-4-2-3-5-15(14)17)16(20)13-8-6-12(10-18)7-9-13/h2-9H,10-11,18H2,1H3. The molecule has 0 unspecified atom stereocenters. The van der Waals surface area contributed by atoms with Gasteiger partial charge in [-0.1, -0.05) is 30.3 Å². The highest BCUT2D eigenvalue weighted by atomic mass is 19.1. The Balaban J connectivity index is 2.10. The lowest BCUT2D eigenvalue weighted by atomic mass is 10.1. The van der Waals surface area contributed by atoms with Gasteiger partial charge in [-0.2, -0.15) is 0 Å². The van der Waals surface area contributed by atoms with E-state index >= 15 is 0 Å². The molecule has 3 nitrogen and oxygen atoms in total. The normalized spacial score (nSPS) is 10.3. The van der Waals surface area contributed by atoms with Gasteiger partial charge in [-0.15, -0.1) is 0 Å². The Morgan fingerprint density at radius 1 is 1.15 bits per heavy atom. The van der Waals surface area contributed by atoms with Crippen molar-refractivity contribution in [2.45, 2.75) is 13.1 Å². The van der Waals surface area contributed by atoms with Crippen LogP contribution in [0.25, 0.3) is 0 Å². The molecule has 2 rings (SSSR count). The second-order valence-corrected chi connectivity index (χ2v) is 4.65. The molecule has 0 fully saturated rings. The van der Waals surface area contributed by atoms with Crippen LogP contribution in [0.15, 0.2) is 48.5 Å². The molecule has 2 aromatic rings. The van der Waals surface area contributed by atoms with Crippen molar-refractivity contribution in [3.63, 3.8) is 0 Å². The molecule has 0 radical (unpaired) electrons. The summed E-state index contributed by atoms with van der Waals surface area (Å²) in [5.74, 6) is -0.442. The summed E-state index contributed by atoms with van der Waals surface area (Å²) in [5.41, 5.74) is 7.56. The number of hydrogen-bond acceptors (Lipinski definition) is 2. The lowest BCUT2D eigenvalue weighted by molar-refractivity contribution is 0.0784. The van der Waals surface area contributed by atoms with Crippen molar-refractivity contribution >= 4 is 5.91 Å². The summed E-state index contributed by atoms with van der Waals surface area (Å²) in [6.45, 7) is 0.684. The molecule has 0 aromatic heterocycles. The first-order valence-electron chi connectivity index (χ1n) is 6.39. The van der Waals surface area contributed by atoms with Gasteiger partial charge in [0, 0.05) is 31.3 Å². The Bertz CT molecular complexity index is 596. The van der Waals surface area contributed by atoms with Gasteiger partial charge in [-0.3, -0.25) is 4.79 Å². The van der Waals surface area contributed by atoms with Gasteiger partial charge in [0.05, 0.1) is 0 Å². The molecule has 0 aliphatic heterocycles. The number of carbonyl (C=O) groups excluding carboxylic acids is 1. The van der Waals surface area contributed by atoms with Crippen molar-refractivity contribution in [2.24, 2.45) is 5.73 Å². The minimum absolute atomic E-state index is 0.142. The largest absolute Gasteiger partial charge is 0.337 e. The van der Waals surface area contributed by atoms with Crippen molar-refractivity contribution < 1.29 is 9.18 Å². The first kappa shape index (κ1) is 14.2. The molecular weight excluding hydrogens is 255 g/mol. The second-order valence-electron chi connectivity index (χ2n) is 4.65. The third kappa shape index (κ3) is 3.22. The van der Waals surface area contributed by atoms with Crippen molar-refractivity contribution in [2.75, 3.05) is 7.05 Å². The van der Waals surface area contributed by atoms with E-state index < -0.39 is 0 Å². The minimum atomic E-state index is -0.300. The van der Waals surface area contributed by atoms with Crippen molar-refractivity contribution in [1.82, 2.24) is 4.90 Å². The van der Waals surface area contributed by atoms with Crippen LogP contribution in [0.3, 0.4) is 0 Å². The topological polar surface area (TPSA) is 46.3 Å². The van der Waals surface area contributed by atoms with Gasteiger partial charge in [0.25, 0.3) is 5.91 Å². The van der Waals surface area contributed by atoms with Gasteiger partial charge in [0.2, 0.25) is 0 Å². The molecule has 2 N–H and O–H groups in total. The molecule has 0 aliphatic carbocycles. The third-order valence-corrected chi connectivity index (χ3v) is 3.15. The van der Waals surface area contributed by atoms with E-state index in [1.54, 1.807) is 37.4 Å². The molecule has 0 spiro atoms. The molecule has 0 atom stereocenters. The van der Waals surface area contributed by atoms with Crippen LogP contribution in [-0.2, 0) is 13.1 Å². The fourth-order valence-corrected chi connectivity index (χ4v) is 1.96. The van der Waals surface area contributed by atoms with Gasteiger partial charge in [-0.05, 0) is 23.8 Å². The smallest absolute Gasteiger partial charge is 0.253 e. The number of halogens is 1. The van der Waals surface area contributed by atoms with Crippen LogP contribution in [0.1, 0.15) is 21.5 Å². The summed E-state index contributed by atoms with van der Waals surface area (Å²) in [6.07, 6.45) is 0. The molecule has 4 heteroatoms. The van der Waals surface area contributed by atoms with Crippen molar-refractivity contribution in [3.05, 3.63) is 71.0 Å². The average Bonchev–Trinajstić information content (AvgIpc) is 2.49. The van der Waals surface area contributed by atoms with Crippen LogP contribution in [0, 0.1) is 5.82 Å². The lowest BCUT2D eigenvalue weighted by Crippen LogP contribution is -2.26. The van der Waals surface area contributed by atoms with E-state index in [2.05, 4.69) is 0 Å². The maximum atomic E-state index is 13.6. The highest BCUT2D eigenvalue weighted by molar-refractivity contribution is 5.94. The van der Waals surface area contributed by atoms with Crippen LogP contribution >= 0.6 is 0 Å². The summed E-state index contributed by atoms with van der Waals surface area (Å²) < 4.78 is 13.6. The second kappa shape index (κ2) is 6.30. The fourth-order valence-electron chi connectivity index (χ4n) is 1.96. The van der Waals surface area contributed by atoms with E-state index in [0.29, 0.717) is 17.7 Å². The Hall–Kier alpha value is -2.20. The number of hydrogen-bond donors (Lipinski definition) is 1. The molecule has 1 amide bonds. The van der Waals surface area contributed by atoms with E-state index in [9.17, 15) is 9.18 Å². The predicted octanol–water partition coefficient (Wildman–Crippen LogP) is 2.56. The molecule has 0 saturated heterocycles. The van der Waals surface area contributed by atoms with Gasteiger partial charge < -0.3 is 10.6 Å². The van der Waals surface area contributed by atoms with Crippen LogP contribution in [0.5, 0.6) is 0 Å².